The number of anilines is 1. The number of amides is 2. The summed E-state index contributed by atoms with van der Waals surface area (Å²) in [6.07, 6.45) is 4.37. The molecule has 2 aromatic carbocycles. The number of carbonyl (C=O) groups is 1. The van der Waals surface area contributed by atoms with E-state index in [2.05, 4.69) is 36.5 Å². The molecular formula is C22H28N2O2. The molecule has 0 aromatic heterocycles. The van der Waals surface area contributed by atoms with Gasteiger partial charge in [-0.1, -0.05) is 54.8 Å². The van der Waals surface area contributed by atoms with Gasteiger partial charge in [-0.3, -0.25) is 0 Å². The maximum absolute atomic E-state index is 13.1. The fourth-order valence-corrected chi connectivity index (χ4v) is 3.61. The van der Waals surface area contributed by atoms with E-state index in [0.29, 0.717) is 12.4 Å². The summed E-state index contributed by atoms with van der Waals surface area (Å²) >= 11 is 0. The van der Waals surface area contributed by atoms with Crippen LogP contribution in [0, 0.1) is 6.92 Å². The molecule has 2 aromatic rings. The fourth-order valence-electron chi connectivity index (χ4n) is 3.61. The highest BCUT2D eigenvalue weighted by Crippen LogP contribution is 2.32. The van der Waals surface area contributed by atoms with E-state index in [4.69, 9.17) is 4.74 Å². The summed E-state index contributed by atoms with van der Waals surface area (Å²) in [7, 11) is 0. The van der Waals surface area contributed by atoms with Gasteiger partial charge in [0.1, 0.15) is 5.75 Å². The molecule has 1 saturated heterocycles. The predicted molar refractivity (Wildman–Crippen MR) is 106 cm³/mol. The van der Waals surface area contributed by atoms with Gasteiger partial charge in [0.25, 0.3) is 0 Å². The van der Waals surface area contributed by atoms with Crippen LogP contribution in [-0.4, -0.2) is 24.1 Å². The van der Waals surface area contributed by atoms with Gasteiger partial charge in [-0.2, -0.15) is 0 Å². The zero-order valence-electron chi connectivity index (χ0n) is 15.7. The van der Waals surface area contributed by atoms with Crippen LogP contribution in [0.3, 0.4) is 0 Å². The van der Waals surface area contributed by atoms with Gasteiger partial charge < -0.3 is 15.0 Å². The number of rotatable bonds is 4. The molecule has 3 rings (SSSR count). The fraction of sp³-hybridized carbons (Fsp3) is 0.409. The molecule has 4 heteroatoms. The zero-order chi connectivity index (χ0) is 18.4. The second-order valence-electron chi connectivity index (χ2n) is 6.83. The Labute approximate surface area is 156 Å². The maximum Gasteiger partial charge on any atom is 0.322 e. The Balaban J connectivity index is 1.83. The van der Waals surface area contributed by atoms with Crippen LogP contribution in [0.1, 0.15) is 49.8 Å². The summed E-state index contributed by atoms with van der Waals surface area (Å²) in [4.78, 5) is 15.1. The molecule has 1 atom stereocenters. The number of hydrogen-bond donors (Lipinski definition) is 1. The first kappa shape index (κ1) is 18.3. The summed E-state index contributed by atoms with van der Waals surface area (Å²) in [5, 5.41) is 3.07. The van der Waals surface area contributed by atoms with Crippen molar-refractivity contribution < 1.29 is 9.53 Å². The van der Waals surface area contributed by atoms with Gasteiger partial charge in [0, 0.05) is 6.54 Å². The summed E-state index contributed by atoms with van der Waals surface area (Å²) in [6.45, 7) is 5.40. The standard InChI is InChI=1S/C22H28N2O2/c1-3-26-21-14-7-6-12-19(21)23-22(25)24-15-8-4-5-13-20(24)18-11-9-10-17(2)16-18/h6-7,9-12,14,16,20H,3-5,8,13,15H2,1-2H3,(H,23,25)/t20-/m0/s1. The predicted octanol–water partition coefficient (Wildman–Crippen LogP) is 5.54. The van der Waals surface area contributed by atoms with Crippen molar-refractivity contribution in [3.05, 3.63) is 59.7 Å². The lowest BCUT2D eigenvalue weighted by atomic mass is 9.99. The monoisotopic (exact) mass is 352 g/mol. The van der Waals surface area contributed by atoms with E-state index in [1.165, 1.54) is 17.5 Å². The van der Waals surface area contributed by atoms with Crippen molar-refractivity contribution in [2.45, 2.75) is 45.6 Å². The second kappa shape index (κ2) is 8.75. The van der Waals surface area contributed by atoms with Crippen molar-refractivity contribution in [3.63, 3.8) is 0 Å². The summed E-state index contributed by atoms with van der Waals surface area (Å²) < 4.78 is 5.64. The van der Waals surface area contributed by atoms with Crippen molar-refractivity contribution in [2.24, 2.45) is 0 Å². The van der Waals surface area contributed by atoms with Gasteiger partial charge in [0.05, 0.1) is 18.3 Å². The molecule has 1 N–H and O–H groups in total. The van der Waals surface area contributed by atoms with Crippen LogP contribution >= 0.6 is 0 Å². The maximum atomic E-state index is 13.1. The van der Waals surface area contributed by atoms with Gasteiger partial charge >= 0.3 is 6.03 Å². The smallest absolute Gasteiger partial charge is 0.322 e. The van der Waals surface area contributed by atoms with Crippen LogP contribution in [0.25, 0.3) is 0 Å². The molecule has 0 spiro atoms. The Kier molecular flexibility index (Phi) is 6.16. The molecule has 0 bridgehead atoms. The van der Waals surface area contributed by atoms with Gasteiger partial charge in [0.2, 0.25) is 0 Å². The van der Waals surface area contributed by atoms with E-state index in [0.717, 1.165) is 31.5 Å². The van der Waals surface area contributed by atoms with Crippen LogP contribution in [0.5, 0.6) is 5.75 Å². The number of carbonyl (C=O) groups excluding carboxylic acids is 1. The molecule has 0 saturated carbocycles. The topological polar surface area (TPSA) is 41.6 Å². The average Bonchev–Trinajstić information content (AvgIpc) is 2.89. The molecular weight excluding hydrogens is 324 g/mol. The molecule has 4 nitrogen and oxygen atoms in total. The lowest BCUT2D eigenvalue weighted by Crippen LogP contribution is -2.38. The summed E-state index contributed by atoms with van der Waals surface area (Å²) in [5.41, 5.74) is 3.18. The summed E-state index contributed by atoms with van der Waals surface area (Å²) in [6, 6.07) is 16.2. The largest absolute Gasteiger partial charge is 0.492 e. The molecule has 0 radical (unpaired) electrons. The van der Waals surface area contributed by atoms with Crippen LogP contribution < -0.4 is 10.1 Å². The average molecular weight is 352 g/mol. The first-order valence-corrected chi connectivity index (χ1v) is 9.55. The number of ether oxygens (including phenoxy) is 1. The molecule has 0 unspecified atom stereocenters. The molecule has 138 valence electrons. The number of urea groups is 1. The summed E-state index contributed by atoms with van der Waals surface area (Å²) in [5.74, 6) is 0.713. The highest BCUT2D eigenvalue weighted by Gasteiger charge is 2.27. The molecule has 1 heterocycles. The van der Waals surface area contributed by atoms with E-state index >= 15 is 0 Å². The van der Waals surface area contributed by atoms with Gasteiger partial charge in [-0.15, -0.1) is 0 Å². The van der Waals surface area contributed by atoms with E-state index < -0.39 is 0 Å². The number of nitrogens with zero attached hydrogens (tertiary/aromatic N) is 1. The molecule has 26 heavy (non-hydrogen) atoms. The number of nitrogens with one attached hydrogen (secondary N) is 1. The van der Waals surface area contributed by atoms with Crippen molar-refractivity contribution >= 4 is 11.7 Å². The minimum Gasteiger partial charge on any atom is -0.492 e. The van der Waals surface area contributed by atoms with Gasteiger partial charge in [-0.05, 0) is 44.4 Å². The van der Waals surface area contributed by atoms with Crippen molar-refractivity contribution in [2.75, 3.05) is 18.5 Å². The molecule has 1 aliphatic heterocycles. The van der Waals surface area contributed by atoms with E-state index in [-0.39, 0.29) is 12.1 Å². The van der Waals surface area contributed by atoms with Crippen molar-refractivity contribution in [1.29, 1.82) is 0 Å². The van der Waals surface area contributed by atoms with E-state index in [1.54, 1.807) is 0 Å². The first-order chi connectivity index (χ1) is 12.7. The number of hydrogen-bond acceptors (Lipinski definition) is 2. The zero-order valence-corrected chi connectivity index (χ0v) is 15.7. The van der Waals surface area contributed by atoms with Crippen molar-refractivity contribution in [3.8, 4) is 5.75 Å². The molecule has 2 amide bonds. The highest BCUT2D eigenvalue weighted by molar-refractivity contribution is 5.91. The Bertz CT molecular complexity index is 744. The van der Waals surface area contributed by atoms with Crippen LogP contribution in [0.4, 0.5) is 10.5 Å². The SMILES string of the molecule is CCOc1ccccc1NC(=O)N1CCCCC[C@H]1c1cccc(C)c1. The Morgan fingerprint density at radius 1 is 1.15 bits per heavy atom. The lowest BCUT2D eigenvalue weighted by Gasteiger charge is -2.31. The van der Waals surface area contributed by atoms with E-state index in [1.807, 2.05) is 36.1 Å². The Morgan fingerprint density at radius 2 is 2.00 bits per heavy atom. The third-order valence-corrected chi connectivity index (χ3v) is 4.87. The molecule has 1 fully saturated rings. The first-order valence-electron chi connectivity index (χ1n) is 9.55. The minimum absolute atomic E-state index is 0.0504. The number of likely N-dealkylation sites (tertiary alicyclic amines) is 1. The van der Waals surface area contributed by atoms with Crippen molar-refractivity contribution in [1.82, 2.24) is 4.90 Å². The normalized spacial score (nSPS) is 17.5. The number of aryl methyl sites for hydroxylation is 1. The third-order valence-electron chi connectivity index (χ3n) is 4.87. The number of benzene rings is 2. The Hall–Kier alpha value is -2.49. The molecule has 0 aliphatic carbocycles. The van der Waals surface area contributed by atoms with E-state index in [9.17, 15) is 4.79 Å². The van der Waals surface area contributed by atoms with Gasteiger partial charge in [0.15, 0.2) is 0 Å². The van der Waals surface area contributed by atoms with Crippen LogP contribution in [0.15, 0.2) is 48.5 Å². The second-order valence-corrected chi connectivity index (χ2v) is 6.83. The quantitative estimate of drug-likeness (QED) is 0.784. The van der Waals surface area contributed by atoms with Crippen LogP contribution in [0.2, 0.25) is 0 Å². The molecule has 1 aliphatic rings. The Morgan fingerprint density at radius 3 is 2.81 bits per heavy atom. The third kappa shape index (κ3) is 4.37. The van der Waals surface area contributed by atoms with Gasteiger partial charge in [-0.25, -0.2) is 4.79 Å². The lowest BCUT2D eigenvalue weighted by molar-refractivity contribution is 0.189. The number of para-hydroxylation sites is 2. The minimum atomic E-state index is -0.0504. The highest BCUT2D eigenvalue weighted by atomic mass is 16.5. The van der Waals surface area contributed by atoms with Crippen LogP contribution in [-0.2, 0) is 0 Å².